The lowest BCUT2D eigenvalue weighted by Crippen LogP contribution is -2.34. The van der Waals surface area contributed by atoms with Gasteiger partial charge in [-0.25, -0.2) is 10.1 Å². The van der Waals surface area contributed by atoms with E-state index >= 15 is 0 Å². The van der Waals surface area contributed by atoms with Crippen molar-refractivity contribution in [1.82, 2.24) is 10.3 Å². The van der Waals surface area contributed by atoms with E-state index in [0.29, 0.717) is 19.0 Å². The Balaban J connectivity index is 2.68. The fraction of sp³-hybridized carbons (Fsp3) is 0.750. The van der Waals surface area contributed by atoms with E-state index in [9.17, 15) is 10.1 Å². The van der Waals surface area contributed by atoms with E-state index in [4.69, 9.17) is 0 Å². The summed E-state index contributed by atoms with van der Waals surface area (Å²) in [4.78, 5) is 13.9. The molecular weight excluding hydrogens is 136 g/mol. The Morgan fingerprint density at radius 2 is 2.60 bits per heavy atom. The zero-order valence-corrected chi connectivity index (χ0v) is 5.57. The third kappa shape index (κ3) is 0.996. The predicted molar refractivity (Wildman–Crippen MR) is 35.1 cm³/mol. The minimum Gasteiger partial charge on any atom is -0.350 e. The molecule has 0 amide bonds. The van der Waals surface area contributed by atoms with E-state index in [1.807, 2.05) is 0 Å². The van der Waals surface area contributed by atoms with Gasteiger partial charge in [-0.15, -0.1) is 0 Å². The first-order valence-electron chi connectivity index (χ1n) is 2.88. The average Bonchev–Trinajstić information content (AvgIpc) is 2.33. The molecule has 1 fully saturated rings. The number of rotatable bonds is 1. The van der Waals surface area contributed by atoms with Crippen molar-refractivity contribution in [2.45, 2.75) is 0 Å². The number of hydrogen-bond donors (Lipinski definition) is 1. The zero-order chi connectivity index (χ0) is 7.56. The summed E-state index contributed by atoms with van der Waals surface area (Å²) in [5.74, 6) is 0.338. The topological polar surface area (TPSA) is 70.8 Å². The number of aliphatic imine (C=N–C) groups is 1. The van der Waals surface area contributed by atoms with Gasteiger partial charge in [0.1, 0.15) is 6.54 Å². The summed E-state index contributed by atoms with van der Waals surface area (Å²) in [7, 11) is 1.52. The first kappa shape index (κ1) is 6.79. The van der Waals surface area contributed by atoms with Crippen LogP contribution in [0.5, 0.6) is 0 Å². The summed E-state index contributed by atoms with van der Waals surface area (Å²) >= 11 is 0. The van der Waals surface area contributed by atoms with E-state index in [1.54, 1.807) is 0 Å². The summed E-state index contributed by atoms with van der Waals surface area (Å²) in [6.45, 7) is 0.979. The molecule has 0 spiro atoms. The molecule has 1 aliphatic rings. The Labute approximate surface area is 57.7 Å². The summed E-state index contributed by atoms with van der Waals surface area (Å²) in [5.41, 5.74) is 0. The second kappa shape index (κ2) is 2.51. The van der Waals surface area contributed by atoms with Gasteiger partial charge in [0.05, 0.1) is 0 Å². The largest absolute Gasteiger partial charge is 0.350 e. The van der Waals surface area contributed by atoms with Crippen molar-refractivity contribution >= 4 is 5.96 Å². The van der Waals surface area contributed by atoms with Crippen molar-refractivity contribution in [2.24, 2.45) is 4.99 Å². The summed E-state index contributed by atoms with van der Waals surface area (Å²) in [5, 5.41) is 13.5. The monoisotopic (exact) mass is 144 g/mol. The number of hydrazine groups is 1. The Hall–Kier alpha value is -1.33. The molecule has 6 heteroatoms. The molecular formula is C4H8N4O2. The zero-order valence-electron chi connectivity index (χ0n) is 5.57. The molecule has 1 rings (SSSR count). The summed E-state index contributed by atoms with van der Waals surface area (Å²) in [6, 6.07) is 0. The highest BCUT2D eigenvalue weighted by Crippen LogP contribution is 1.95. The quantitative estimate of drug-likeness (QED) is 0.381. The first-order chi connectivity index (χ1) is 4.75. The van der Waals surface area contributed by atoms with Gasteiger partial charge in [-0.1, -0.05) is 5.01 Å². The number of guanidine groups is 1. The van der Waals surface area contributed by atoms with Crippen LogP contribution in [0.1, 0.15) is 0 Å². The SMILES string of the molecule is CN=C1NCCN1[N+](=O)[O-]. The lowest BCUT2D eigenvalue weighted by molar-refractivity contribution is -0.626. The highest BCUT2D eigenvalue weighted by Gasteiger charge is 2.26. The van der Waals surface area contributed by atoms with Crippen LogP contribution in [0.15, 0.2) is 4.99 Å². The van der Waals surface area contributed by atoms with Crippen LogP contribution in [0.4, 0.5) is 0 Å². The molecule has 0 atom stereocenters. The van der Waals surface area contributed by atoms with Gasteiger partial charge in [0.2, 0.25) is 0 Å². The van der Waals surface area contributed by atoms with Crippen molar-refractivity contribution in [3.63, 3.8) is 0 Å². The third-order valence-electron chi connectivity index (χ3n) is 1.26. The van der Waals surface area contributed by atoms with Crippen LogP contribution >= 0.6 is 0 Å². The van der Waals surface area contributed by atoms with Crippen molar-refractivity contribution in [3.8, 4) is 0 Å². The van der Waals surface area contributed by atoms with Crippen molar-refractivity contribution in [3.05, 3.63) is 10.1 Å². The van der Waals surface area contributed by atoms with E-state index in [1.165, 1.54) is 7.05 Å². The number of hydrogen-bond acceptors (Lipinski definition) is 3. The van der Waals surface area contributed by atoms with Crippen molar-refractivity contribution < 1.29 is 5.03 Å². The molecule has 1 saturated heterocycles. The van der Waals surface area contributed by atoms with Crippen LogP contribution in [0.3, 0.4) is 0 Å². The number of nitro groups is 1. The summed E-state index contributed by atoms with van der Waals surface area (Å²) < 4.78 is 0. The van der Waals surface area contributed by atoms with Gasteiger partial charge < -0.3 is 5.32 Å². The predicted octanol–water partition coefficient (Wildman–Crippen LogP) is -0.931. The minimum atomic E-state index is -0.470. The highest BCUT2D eigenvalue weighted by atomic mass is 16.7. The molecule has 0 aromatic carbocycles. The molecule has 1 N–H and O–H groups in total. The average molecular weight is 144 g/mol. The van der Waals surface area contributed by atoms with Crippen LogP contribution in [-0.2, 0) is 0 Å². The van der Waals surface area contributed by atoms with Gasteiger partial charge >= 0.3 is 0 Å². The molecule has 1 heterocycles. The van der Waals surface area contributed by atoms with Crippen molar-refractivity contribution in [1.29, 1.82) is 0 Å². The molecule has 0 bridgehead atoms. The Morgan fingerprint density at radius 1 is 1.90 bits per heavy atom. The second-order valence-corrected chi connectivity index (χ2v) is 1.83. The normalized spacial score (nSPS) is 21.3. The van der Waals surface area contributed by atoms with Crippen LogP contribution in [0, 0.1) is 10.1 Å². The molecule has 0 aromatic rings. The van der Waals surface area contributed by atoms with E-state index in [2.05, 4.69) is 10.3 Å². The maximum absolute atomic E-state index is 10.2. The maximum atomic E-state index is 10.2. The van der Waals surface area contributed by atoms with Crippen molar-refractivity contribution in [2.75, 3.05) is 20.1 Å². The van der Waals surface area contributed by atoms with E-state index in [0.717, 1.165) is 5.01 Å². The van der Waals surface area contributed by atoms with Crippen LogP contribution in [0.2, 0.25) is 0 Å². The Kier molecular flexibility index (Phi) is 1.70. The maximum Gasteiger partial charge on any atom is 0.257 e. The van der Waals surface area contributed by atoms with Gasteiger partial charge in [-0.05, 0) is 0 Å². The fourth-order valence-electron chi connectivity index (χ4n) is 0.824. The second-order valence-electron chi connectivity index (χ2n) is 1.83. The van der Waals surface area contributed by atoms with Crippen LogP contribution in [-0.4, -0.2) is 36.1 Å². The molecule has 0 saturated carbocycles. The molecule has 0 radical (unpaired) electrons. The summed E-state index contributed by atoms with van der Waals surface area (Å²) in [6.07, 6.45) is 0. The van der Waals surface area contributed by atoms with Gasteiger partial charge in [0.25, 0.3) is 5.96 Å². The lowest BCUT2D eigenvalue weighted by atomic mass is 10.7. The van der Waals surface area contributed by atoms with E-state index < -0.39 is 5.03 Å². The lowest BCUT2D eigenvalue weighted by Gasteiger charge is -2.03. The van der Waals surface area contributed by atoms with Gasteiger partial charge in [0.15, 0.2) is 5.03 Å². The standard InChI is InChI=1S/C4H8N4O2/c1-5-4-6-2-3-7(4)8(9)10/h2-3H2,1H3,(H,5,6). The Bertz CT molecular complexity index is 178. The molecule has 0 aliphatic carbocycles. The van der Waals surface area contributed by atoms with E-state index in [-0.39, 0.29) is 0 Å². The fourth-order valence-corrected chi connectivity index (χ4v) is 0.824. The number of nitrogens with zero attached hydrogens (tertiary/aromatic N) is 3. The number of nitrogens with one attached hydrogen (secondary N) is 1. The van der Waals surface area contributed by atoms with Gasteiger partial charge in [0, 0.05) is 13.6 Å². The smallest absolute Gasteiger partial charge is 0.257 e. The molecule has 0 unspecified atom stereocenters. The molecule has 0 aromatic heterocycles. The highest BCUT2D eigenvalue weighted by molar-refractivity contribution is 5.80. The molecule has 10 heavy (non-hydrogen) atoms. The van der Waals surface area contributed by atoms with Crippen LogP contribution in [0.25, 0.3) is 0 Å². The molecule has 56 valence electrons. The van der Waals surface area contributed by atoms with Gasteiger partial charge in [-0.2, -0.15) is 0 Å². The van der Waals surface area contributed by atoms with Gasteiger partial charge in [-0.3, -0.25) is 4.99 Å². The molecule has 1 aliphatic heterocycles. The first-order valence-corrected chi connectivity index (χ1v) is 2.88. The molecule has 6 nitrogen and oxygen atoms in total. The minimum absolute atomic E-state index is 0.338. The third-order valence-corrected chi connectivity index (χ3v) is 1.26. The Morgan fingerprint density at radius 3 is 3.00 bits per heavy atom. The van der Waals surface area contributed by atoms with Crippen LogP contribution < -0.4 is 5.32 Å².